The topological polar surface area (TPSA) is 45.5 Å². The summed E-state index contributed by atoms with van der Waals surface area (Å²) >= 11 is 0. The predicted octanol–water partition coefficient (Wildman–Crippen LogP) is 3.37. The number of anilines is 1. The van der Waals surface area contributed by atoms with Gasteiger partial charge in [0.15, 0.2) is 0 Å². The van der Waals surface area contributed by atoms with Crippen molar-refractivity contribution in [3.05, 3.63) is 72.7 Å². The van der Waals surface area contributed by atoms with Crippen molar-refractivity contribution in [2.45, 2.75) is 6.17 Å². The molecule has 2 aromatic rings. The van der Waals surface area contributed by atoms with Gasteiger partial charge in [-0.15, -0.1) is 6.58 Å². The van der Waals surface area contributed by atoms with Gasteiger partial charge in [0.1, 0.15) is 11.9 Å². The SMILES string of the molecule is C=CCN1C(=O)c2ccccc2N[C@H]1/C=C\c1ccco1. The number of nitrogens with one attached hydrogen (secondary N) is 1. The van der Waals surface area contributed by atoms with Crippen LogP contribution in [0.25, 0.3) is 6.08 Å². The second-order valence-corrected chi connectivity index (χ2v) is 4.76. The molecule has 1 atom stereocenters. The number of nitrogens with zero attached hydrogens (tertiary/aromatic N) is 1. The zero-order valence-corrected chi connectivity index (χ0v) is 11.5. The highest BCUT2D eigenvalue weighted by Gasteiger charge is 2.29. The summed E-state index contributed by atoms with van der Waals surface area (Å²) in [4.78, 5) is 14.3. The molecule has 1 aromatic carbocycles. The van der Waals surface area contributed by atoms with E-state index in [1.54, 1.807) is 17.2 Å². The summed E-state index contributed by atoms with van der Waals surface area (Å²) in [6.07, 6.45) is 6.89. The first-order chi connectivity index (χ1) is 10.3. The highest BCUT2D eigenvalue weighted by atomic mass is 16.3. The smallest absolute Gasteiger partial charge is 0.258 e. The Labute approximate surface area is 123 Å². The monoisotopic (exact) mass is 280 g/mol. The number of carbonyl (C=O) groups excluding carboxylic acids is 1. The summed E-state index contributed by atoms with van der Waals surface area (Å²) in [5.74, 6) is 0.750. The van der Waals surface area contributed by atoms with Crippen molar-refractivity contribution in [3.63, 3.8) is 0 Å². The first kappa shape index (κ1) is 13.2. The van der Waals surface area contributed by atoms with E-state index in [0.29, 0.717) is 12.1 Å². The minimum absolute atomic E-state index is 0.00153. The van der Waals surface area contributed by atoms with Gasteiger partial charge < -0.3 is 14.6 Å². The number of benzene rings is 1. The molecule has 1 N–H and O–H groups in total. The van der Waals surface area contributed by atoms with Gasteiger partial charge in [-0.25, -0.2) is 0 Å². The number of amides is 1. The molecule has 0 spiro atoms. The van der Waals surface area contributed by atoms with E-state index in [9.17, 15) is 4.79 Å². The number of furan rings is 1. The van der Waals surface area contributed by atoms with Crippen LogP contribution >= 0.6 is 0 Å². The van der Waals surface area contributed by atoms with Crippen LogP contribution in [0, 0.1) is 0 Å². The van der Waals surface area contributed by atoms with Crippen LogP contribution in [-0.2, 0) is 0 Å². The summed E-state index contributed by atoms with van der Waals surface area (Å²) in [5, 5.41) is 3.35. The minimum atomic E-state index is -0.226. The average Bonchev–Trinajstić information content (AvgIpc) is 3.02. The van der Waals surface area contributed by atoms with Gasteiger partial charge in [0.2, 0.25) is 0 Å². The Bertz CT molecular complexity index is 674. The number of hydrogen-bond acceptors (Lipinski definition) is 3. The van der Waals surface area contributed by atoms with Gasteiger partial charge in [-0.05, 0) is 36.4 Å². The van der Waals surface area contributed by atoms with E-state index in [1.807, 2.05) is 48.6 Å². The van der Waals surface area contributed by atoms with Crippen molar-refractivity contribution in [3.8, 4) is 0 Å². The maximum Gasteiger partial charge on any atom is 0.258 e. The Kier molecular flexibility index (Phi) is 3.60. The van der Waals surface area contributed by atoms with Gasteiger partial charge in [-0.3, -0.25) is 4.79 Å². The lowest BCUT2D eigenvalue weighted by molar-refractivity contribution is 0.0739. The number of rotatable bonds is 4. The fourth-order valence-electron chi connectivity index (χ4n) is 2.37. The molecule has 4 heteroatoms. The number of fused-ring (bicyclic) bond motifs is 1. The normalized spacial score (nSPS) is 17.6. The van der Waals surface area contributed by atoms with E-state index >= 15 is 0 Å². The van der Waals surface area contributed by atoms with E-state index in [-0.39, 0.29) is 12.1 Å². The lowest BCUT2D eigenvalue weighted by Gasteiger charge is -2.35. The minimum Gasteiger partial charge on any atom is -0.465 e. The number of para-hydroxylation sites is 1. The quantitative estimate of drug-likeness (QED) is 0.873. The molecule has 0 saturated carbocycles. The van der Waals surface area contributed by atoms with Crippen LogP contribution in [0.2, 0.25) is 0 Å². The van der Waals surface area contributed by atoms with Crippen molar-refractivity contribution in [1.29, 1.82) is 0 Å². The maximum atomic E-state index is 12.6. The van der Waals surface area contributed by atoms with E-state index in [4.69, 9.17) is 4.42 Å². The molecule has 0 saturated heterocycles. The molecular weight excluding hydrogens is 264 g/mol. The third kappa shape index (κ3) is 2.60. The van der Waals surface area contributed by atoms with Crippen molar-refractivity contribution in [2.24, 2.45) is 0 Å². The molecular formula is C17H16N2O2. The van der Waals surface area contributed by atoms with Crippen LogP contribution in [0.1, 0.15) is 16.1 Å². The summed E-state index contributed by atoms with van der Waals surface area (Å²) in [6.45, 7) is 4.20. The average molecular weight is 280 g/mol. The molecule has 0 unspecified atom stereocenters. The zero-order chi connectivity index (χ0) is 14.7. The fraction of sp³-hybridized carbons (Fsp3) is 0.118. The second-order valence-electron chi connectivity index (χ2n) is 4.76. The van der Waals surface area contributed by atoms with Gasteiger partial charge in [0, 0.05) is 12.2 Å². The van der Waals surface area contributed by atoms with Crippen LogP contribution < -0.4 is 5.32 Å². The Morgan fingerprint density at radius 2 is 2.14 bits per heavy atom. The van der Waals surface area contributed by atoms with E-state index in [1.165, 1.54) is 0 Å². The van der Waals surface area contributed by atoms with Crippen molar-refractivity contribution in [1.82, 2.24) is 4.90 Å². The Balaban J connectivity index is 1.91. The Hall–Kier alpha value is -2.75. The molecule has 0 radical (unpaired) electrons. The Morgan fingerprint density at radius 1 is 1.29 bits per heavy atom. The lowest BCUT2D eigenvalue weighted by Crippen LogP contribution is -2.47. The zero-order valence-electron chi connectivity index (χ0n) is 11.5. The molecule has 4 nitrogen and oxygen atoms in total. The van der Waals surface area contributed by atoms with Crippen LogP contribution in [0.4, 0.5) is 5.69 Å². The Morgan fingerprint density at radius 3 is 2.90 bits per heavy atom. The van der Waals surface area contributed by atoms with Crippen LogP contribution in [0.15, 0.2) is 65.8 Å². The number of hydrogen-bond donors (Lipinski definition) is 1. The van der Waals surface area contributed by atoms with Gasteiger partial charge in [0.05, 0.1) is 11.8 Å². The van der Waals surface area contributed by atoms with Crippen molar-refractivity contribution in [2.75, 3.05) is 11.9 Å². The molecule has 1 aliphatic rings. The van der Waals surface area contributed by atoms with E-state index in [0.717, 1.165) is 11.4 Å². The second kappa shape index (κ2) is 5.71. The molecule has 2 heterocycles. The highest BCUT2D eigenvalue weighted by Crippen LogP contribution is 2.25. The van der Waals surface area contributed by atoms with Gasteiger partial charge >= 0.3 is 0 Å². The number of carbonyl (C=O) groups is 1. The molecule has 106 valence electrons. The molecule has 0 aliphatic carbocycles. The molecule has 1 aromatic heterocycles. The van der Waals surface area contributed by atoms with Crippen LogP contribution in [0.5, 0.6) is 0 Å². The first-order valence-corrected chi connectivity index (χ1v) is 6.79. The molecule has 1 amide bonds. The van der Waals surface area contributed by atoms with Crippen molar-refractivity contribution >= 4 is 17.7 Å². The highest BCUT2D eigenvalue weighted by molar-refractivity contribution is 6.02. The lowest BCUT2D eigenvalue weighted by atomic mass is 10.1. The van der Waals surface area contributed by atoms with Crippen molar-refractivity contribution < 1.29 is 9.21 Å². The summed E-state index contributed by atoms with van der Waals surface area (Å²) in [5.41, 5.74) is 1.53. The fourth-order valence-corrected chi connectivity index (χ4v) is 2.37. The largest absolute Gasteiger partial charge is 0.465 e. The van der Waals surface area contributed by atoms with Crippen LogP contribution in [-0.4, -0.2) is 23.5 Å². The van der Waals surface area contributed by atoms with Gasteiger partial charge in [-0.2, -0.15) is 0 Å². The standard InChI is InChI=1S/C17H16N2O2/c1-2-11-19-16(10-9-13-6-5-12-21-13)18-15-8-4-3-7-14(15)17(19)20/h2-10,12,16,18H,1,11H2/b10-9-/t16-/m1/s1. The third-order valence-corrected chi connectivity index (χ3v) is 3.37. The molecule has 0 bridgehead atoms. The first-order valence-electron chi connectivity index (χ1n) is 6.79. The van der Waals surface area contributed by atoms with Gasteiger partial charge in [-0.1, -0.05) is 18.2 Å². The summed E-state index contributed by atoms with van der Waals surface area (Å²) < 4.78 is 5.28. The van der Waals surface area contributed by atoms with Gasteiger partial charge in [0.25, 0.3) is 5.91 Å². The van der Waals surface area contributed by atoms with E-state index < -0.39 is 0 Å². The summed E-state index contributed by atoms with van der Waals surface area (Å²) in [7, 11) is 0. The molecule has 3 rings (SSSR count). The molecule has 0 fully saturated rings. The third-order valence-electron chi connectivity index (χ3n) is 3.37. The van der Waals surface area contributed by atoms with E-state index in [2.05, 4.69) is 11.9 Å². The molecule has 21 heavy (non-hydrogen) atoms. The molecule has 1 aliphatic heterocycles. The predicted molar refractivity (Wildman–Crippen MR) is 82.8 cm³/mol. The summed E-state index contributed by atoms with van der Waals surface area (Å²) in [6, 6.07) is 11.2. The van der Waals surface area contributed by atoms with Crippen LogP contribution in [0.3, 0.4) is 0 Å². The maximum absolute atomic E-state index is 12.6.